The first-order chi connectivity index (χ1) is 9.32. The van der Waals surface area contributed by atoms with Gasteiger partial charge in [0.25, 0.3) is 0 Å². The van der Waals surface area contributed by atoms with Gasteiger partial charge in [0, 0.05) is 24.6 Å². The van der Waals surface area contributed by atoms with E-state index in [2.05, 4.69) is 10.3 Å². The van der Waals surface area contributed by atoms with E-state index in [4.69, 9.17) is 9.47 Å². The first-order valence-corrected chi connectivity index (χ1v) is 6.91. The topological polar surface area (TPSA) is 60.5 Å². The van der Waals surface area contributed by atoms with Gasteiger partial charge in [-0.25, -0.2) is 4.79 Å². The van der Waals surface area contributed by atoms with Gasteiger partial charge in [0.05, 0.1) is 6.20 Å². The Kier molecular flexibility index (Phi) is 4.16. The van der Waals surface area contributed by atoms with Crippen molar-refractivity contribution in [1.29, 1.82) is 0 Å². The van der Waals surface area contributed by atoms with Gasteiger partial charge in [-0.2, -0.15) is 0 Å². The number of nitrogens with zero attached hydrogens (tertiary/aromatic N) is 1. The molecule has 1 saturated carbocycles. The lowest BCUT2D eigenvalue weighted by molar-refractivity contribution is 0.0362. The molecule has 0 atom stereocenters. The number of rotatable bonds is 3. The molecule has 1 aromatic rings. The lowest BCUT2D eigenvalue weighted by Crippen LogP contribution is -2.50. The van der Waals surface area contributed by atoms with Crippen LogP contribution in [-0.2, 0) is 4.74 Å². The Labute approximate surface area is 119 Å². The minimum atomic E-state index is -0.461. The number of ether oxygens (including phenoxy) is 2. The molecule has 110 valence electrons. The van der Waals surface area contributed by atoms with Crippen LogP contribution in [0.1, 0.15) is 39.3 Å². The van der Waals surface area contributed by atoms with Crippen molar-refractivity contribution in [3.8, 4) is 5.75 Å². The highest BCUT2D eigenvalue weighted by molar-refractivity contribution is 5.68. The third-order valence-corrected chi connectivity index (χ3v) is 3.00. The van der Waals surface area contributed by atoms with Gasteiger partial charge in [-0.15, -0.1) is 0 Å². The van der Waals surface area contributed by atoms with Crippen LogP contribution >= 0.6 is 0 Å². The van der Waals surface area contributed by atoms with Crippen LogP contribution in [0.2, 0.25) is 0 Å². The van der Waals surface area contributed by atoms with Crippen LogP contribution in [-0.4, -0.2) is 28.8 Å². The van der Waals surface area contributed by atoms with Crippen molar-refractivity contribution < 1.29 is 14.3 Å². The molecule has 1 aliphatic rings. The number of aromatic nitrogens is 1. The molecule has 0 saturated heterocycles. The summed E-state index contributed by atoms with van der Waals surface area (Å²) in [6.45, 7) is 7.49. The minimum absolute atomic E-state index is 0.133. The Morgan fingerprint density at radius 1 is 1.35 bits per heavy atom. The highest BCUT2D eigenvalue weighted by Crippen LogP contribution is 2.26. The maximum atomic E-state index is 11.6. The number of carbonyl (C=O) groups excluding carboxylic acids is 1. The Morgan fingerprint density at radius 3 is 2.60 bits per heavy atom. The second-order valence-corrected chi connectivity index (χ2v) is 6.19. The number of carbonyl (C=O) groups is 1. The predicted octanol–water partition coefficient (Wildman–Crippen LogP) is 2.82. The van der Waals surface area contributed by atoms with Crippen LogP contribution in [0, 0.1) is 6.92 Å². The molecule has 5 nitrogen and oxygen atoms in total. The molecule has 0 aliphatic heterocycles. The van der Waals surface area contributed by atoms with Crippen LogP contribution in [0.5, 0.6) is 5.75 Å². The molecule has 5 heteroatoms. The Hall–Kier alpha value is -1.78. The molecule has 1 amide bonds. The molecule has 1 aliphatic carbocycles. The molecule has 0 unspecified atom stereocenters. The zero-order valence-corrected chi connectivity index (χ0v) is 12.5. The summed E-state index contributed by atoms with van der Waals surface area (Å²) in [7, 11) is 0. The second-order valence-electron chi connectivity index (χ2n) is 6.19. The summed E-state index contributed by atoms with van der Waals surface area (Å²) >= 11 is 0. The van der Waals surface area contributed by atoms with Crippen molar-refractivity contribution in [1.82, 2.24) is 10.3 Å². The molecule has 1 N–H and O–H groups in total. The fraction of sp³-hybridized carbons (Fsp3) is 0.600. The Balaban J connectivity index is 1.70. The number of alkyl carbamates (subject to hydrolysis) is 1. The van der Waals surface area contributed by atoms with E-state index in [9.17, 15) is 4.79 Å². The number of amides is 1. The van der Waals surface area contributed by atoms with Gasteiger partial charge in [-0.3, -0.25) is 4.98 Å². The fourth-order valence-corrected chi connectivity index (χ4v) is 1.97. The fourth-order valence-electron chi connectivity index (χ4n) is 1.97. The van der Waals surface area contributed by atoms with E-state index >= 15 is 0 Å². The molecule has 0 aromatic carbocycles. The van der Waals surface area contributed by atoms with Gasteiger partial charge in [0.1, 0.15) is 17.5 Å². The largest absolute Gasteiger partial charge is 0.489 e. The summed E-state index contributed by atoms with van der Waals surface area (Å²) in [5, 5.41) is 2.84. The summed E-state index contributed by atoms with van der Waals surface area (Å²) in [4.78, 5) is 15.8. The predicted molar refractivity (Wildman–Crippen MR) is 75.8 cm³/mol. The molecular weight excluding hydrogens is 256 g/mol. The van der Waals surface area contributed by atoms with Crippen LogP contribution in [0.4, 0.5) is 4.79 Å². The molecule has 20 heavy (non-hydrogen) atoms. The van der Waals surface area contributed by atoms with Gasteiger partial charge in [0.15, 0.2) is 0 Å². The number of aryl methyl sites for hydroxylation is 1. The molecule has 0 bridgehead atoms. The summed E-state index contributed by atoms with van der Waals surface area (Å²) < 4.78 is 11.0. The van der Waals surface area contributed by atoms with Gasteiger partial charge in [0.2, 0.25) is 0 Å². The zero-order chi connectivity index (χ0) is 14.8. The van der Waals surface area contributed by atoms with Crippen molar-refractivity contribution >= 4 is 6.09 Å². The lowest BCUT2D eigenvalue weighted by Gasteiger charge is -2.36. The van der Waals surface area contributed by atoms with Gasteiger partial charge in [-0.1, -0.05) is 0 Å². The van der Waals surface area contributed by atoms with E-state index in [1.54, 1.807) is 6.20 Å². The first kappa shape index (κ1) is 14.6. The smallest absolute Gasteiger partial charge is 0.407 e. The van der Waals surface area contributed by atoms with E-state index in [0.717, 1.165) is 24.3 Å². The van der Waals surface area contributed by atoms with Gasteiger partial charge < -0.3 is 14.8 Å². The third kappa shape index (κ3) is 4.40. The summed E-state index contributed by atoms with van der Waals surface area (Å²) in [5.41, 5.74) is 0.507. The molecule has 2 rings (SSSR count). The van der Waals surface area contributed by atoms with Crippen LogP contribution in [0.3, 0.4) is 0 Å². The number of pyridine rings is 1. The Bertz CT molecular complexity index is 459. The maximum Gasteiger partial charge on any atom is 0.407 e. The summed E-state index contributed by atoms with van der Waals surface area (Å²) in [6, 6.07) is 3.97. The van der Waals surface area contributed by atoms with Crippen molar-refractivity contribution in [3.05, 3.63) is 24.0 Å². The lowest BCUT2D eigenvalue weighted by atomic mass is 9.89. The van der Waals surface area contributed by atoms with Gasteiger partial charge >= 0.3 is 6.09 Å². The average Bonchev–Trinajstić information content (AvgIpc) is 2.26. The SMILES string of the molecule is Cc1ccc(O[C@H]2C[C@H](NC(=O)OC(C)(C)C)C2)cn1. The zero-order valence-electron chi connectivity index (χ0n) is 12.5. The van der Waals surface area contributed by atoms with Crippen LogP contribution in [0.15, 0.2) is 18.3 Å². The van der Waals surface area contributed by atoms with E-state index < -0.39 is 5.60 Å². The highest BCUT2D eigenvalue weighted by atomic mass is 16.6. The monoisotopic (exact) mass is 278 g/mol. The van der Waals surface area contributed by atoms with Crippen LogP contribution in [0.25, 0.3) is 0 Å². The van der Waals surface area contributed by atoms with E-state index in [1.807, 2.05) is 39.8 Å². The second kappa shape index (κ2) is 5.69. The van der Waals surface area contributed by atoms with E-state index in [1.165, 1.54) is 0 Å². The quantitative estimate of drug-likeness (QED) is 0.923. The number of hydrogen-bond acceptors (Lipinski definition) is 4. The third-order valence-electron chi connectivity index (χ3n) is 3.00. The van der Waals surface area contributed by atoms with Crippen molar-refractivity contribution in [2.24, 2.45) is 0 Å². The summed E-state index contributed by atoms with van der Waals surface area (Å²) in [5.74, 6) is 0.774. The molecule has 0 radical (unpaired) electrons. The molecule has 1 fully saturated rings. The standard InChI is InChI=1S/C15H22N2O3/c1-10-5-6-12(9-16-10)19-13-7-11(8-13)17-14(18)20-15(2,3)4/h5-6,9,11,13H,7-8H2,1-4H3,(H,17,18)/t11-,13-. The Morgan fingerprint density at radius 2 is 2.05 bits per heavy atom. The average molecular weight is 278 g/mol. The van der Waals surface area contributed by atoms with E-state index in [0.29, 0.717) is 0 Å². The molecular formula is C15H22N2O3. The minimum Gasteiger partial charge on any atom is -0.489 e. The van der Waals surface area contributed by atoms with Gasteiger partial charge in [-0.05, 0) is 39.8 Å². The molecule has 1 heterocycles. The normalized spacial score (nSPS) is 21.8. The first-order valence-electron chi connectivity index (χ1n) is 6.91. The number of hydrogen-bond donors (Lipinski definition) is 1. The summed E-state index contributed by atoms with van der Waals surface area (Å²) in [6.07, 6.45) is 3.10. The van der Waals surface area contributed by atoms with Crippen molar-refractivity contribution in [2.75, 3.05) is 0 Å². The van der Waals surface area contributed by atoms with Crippen molar-refractivity contribution in [2.45, 2.75) is 58.3 Å². The highest BCUT2D eigenvalue weighted by Gasteiger charge is 2.33. The molecule has 0 spiro atoms. The van der Waals surface area contributed by atoms with Crippen molar-refractivity contribution in [3.63, 3.8) is 0 Å². The maximum absolute atomic E-state index is 11.6. The van der Waals surface area contributed by atoms with Crippen LogP contribution < -0.4 is 10.1 Å². The molecule has 1 aromatic heterocycles. The van der Waals surface area contributed by atoms with E-state index in [-0.39, 0.29) is 18.2 Å². The number of nitrogens with one attached hydrogen (secondary N) is 1.